The number of esters is 2. The molecule has 2 amide bonds. The van der Waals surface area contributed by atoms with Gasteiger partial charge in [0.2, 0.25) is 11.8 Å². The molecular formula is C16H20N2O6. The van der Waals surface area contributed by atoms with Crippen LogP contribution in [0.2, 0.25) is 0 Å². The molecule has 0 saturated carbocycles. The zero-order chi connectivity index (χ0) is 18.0. The standard InChI is InChI=1S/C16H20N2O6/c1-8-10(15(21)23-3)7-11(18-12(19)5-6-13(18)20)14(9(2)17-8)16(22)24-4/h11,17H,5-7H2,1-4H3/t11-/m1/s1. The first-order valence-electron chi connectivity index (χ1n) is 7.50. The molecule has 0 unspecified atom stereocenters. The maximum absolute atomic E-state index is 12.3. The van der Waals surface area contributed by atoms with Crippen LogP contribution in [0.3, 0.4) is 0 Å². The van der Waals surface area contributed by atoms with Crippen LogP contribution in [0.25, 0.3) is 0 Å². The fraction of sp³-hybridized carbons (Fsp3) is 0.500. The Balaban J connectivity index is 2.56. The van der Waals surface area contributed by atoms with Gasteiger partial charge in [-0.25, -0.2) is 9.59 Å². The van der Waals surface area contributed by atoms with Crippen molar-refractivity contribution < 1.29 is 28.7 Å². The Kier molecular flexibility index (Phi) is 5.06. The highest BCUT2D eigenvalue weighted by Crippen LogP contribution is 2.31. The van der Waals surface area contributed by atoms with Crippen molar-refractivity contribution in [1.82, 2.24) is 10.2 Å². The molecule has 2 aliphatic heterocycles. The van der Waals surface area contributed by atoms with E-state index in [4.69, 9.17) is 9.47 Å². The van der Waals surface area contributed by atoms with Crippen molar-refractivity contribution in [3.63, 3.8) is 0 Å². The van der Waals surface area contributed by atoms with Crippen molar-refractivity contribution in [1.29, 1.82) is 0 Å². The molecule has 2 rings (SSSR count). The molecule has 0 aromatic carbocycles. The Hall–Kier alpha value is -2.64. The van der Waals surface area contributed by atoms with E-state index in [-0.39, 0.29) is 42.2 Å². The summed E-state index contributed by atoms with van der Waals surface area (Å²) in [6, 6.07) is -0.904. The van der Waals surface area contributed by atoms with Crippen LogP contribution in [0.5, 0.6) is 0 Å². The highest BCUT2D eigenvalue weighted by atomic mass is 16.5. The Morgan fingerprint density at radius 1 is 1.00 bits per heavy atom. The van der Waals surface area contributed by atoms with Crippen molar-refractivity contribution in [3.8, 4) is 0 Å². The van der Waals surface area contributed by atoms with Crippen LogP contribution in [0.15, 0.2) is 22.5 Å². The molecular weight excluding hydrogens is 316 g/mol. The monoisotopic (exact) mass is 336 g/mol. The number of imide groups is 1. The number of rotatable bonds is 3. The summed E-state index contributed by atoms with van der Waals surface area (Å²) in [5.74, 6) is -1.98. The number of allylic oxidation sites excluding steroid dienone is 2. The second-order valence-electron chi connectivity index (χ2n) is 5.63. The first-order chi connectivity index (χ1) is 11.3. The topological polar surface area (TPSA) is 102 Å². The Bertz CT molecular complexity index is 660. The summed E-state index contributed by atoms with van der Waals surface area (Å²) >= 11 is 0. The molecule has 0 spiro atoms. The van der Waals surface area contributed by atoms with E-state index in [1.807, 2.05) is 0 Å². The summed E-state index contributed by atoms with van der Waals surface area (Å²) in [5.41, 5.74) is 1.35. The minimum atomic E-state index is -0.904. The Morgan fingerprint density at radius 2 is 1.54 bits per heavy atom. The third kappa shape index (κ3) is 3.04. The summed E-state index contributed by atoms with van der Waals surface area (Å²) < 4.78 is 9.59. The fourth-order valence-corrected chi connectivity index (χ4v) is 3.04. The average molecular weight is 336 g/mol. The molecule has 0 aromatic heterocycles. The fourth-order valence-electron chi connectivity index (χ4n) is 3.04. The van der Waals surface area contributed by atoms with Gasteiger partial charge in [-0.2, -0.15) is 0 Å². The van der Waals surface area contributed by atoms with Crippen LogP contribution in [-0.2, 0) is 28.7 Å². The number of carbonyl (C=O) groups excluding carboxylic acids is 4. The minimum absolute atomic E-state index is 0.00917. The summed E-state index contributed by atoms with van der Waals surface area (Å²) in [6.45, 7) is 3.30. The van der Waals surface area contributed by atoms with Crippen molar-refractivity contribution in [3.05, 3.63) is 22.5 Å². The van der Waals surface area contributed by atoms with Gasteiger partial charge in [-0.15, -0.1) is 0 Å². The molecule has 1 N–H and O–H groups in total. The van der Waals surface area contributed by atoms with Crippen LogP contribution in [0.4, 0.5) is 0 Å². The van der Waals surface area contributed by atoms with Gasteiger partial charge in [0.25, 0.3) is 0 Å². The molecule has 130 valence electrons. The molecule has 8 nitrogen and oxygen atoms in total. The molecule has 2 heterocycles. The summed E-state index contributed by atoms with van der Waals surface area (Å²) in [4.78, 5) is 49.7. The highest BCUT2D eigenvalue weighted by molar-refractivity contribution is 6.04. The summed E-state index contributed by atoms with van der Waals surface area (Å²) in [5, 5.41) is 2.96. The van der Waals surface area contributed by atoms with Crippen LogP contribution >= 0.6 is 0 Å². The minimum Gasteiger partial charge on any atom is -0.466 e. The largest absolute Gasteiger partial charge is 0.466 e. The van der Waals surface area contributed by atoms with Gasteiger partial charge < -0.3 is 14.8 Å². The van der Waals surface area contributed by atoms with E-state index >= 15 is 0 Å². The number of ether oxygens (including phenoxy) is 2. The van der Waals surface area contributed by atoms with E-state index < -0.39 is 18.0 Å². The zero-order valence-corrected chi connectivity index (χ0v) is 14.1. The number of hydrogen-bond acceptors (Lipinski definition) is 7. The second kappa shape index (κ2) is 6.86. The number of hydrogen-bond donors (Lipinski definition) is 1. The SMILES string of the molecule is COC(=O)C1=C(C)NC(C)=C(C(=O)OC)[C@H](N2C(=O)CCC2=O)C1. The van der Waals surface area contributed by atoms with Gasteiger partial charge in [0.1, 0.15) is 0 Å². The van der Waals surface area contributed by atoms with Crippen LogP contribution in [0, 0.1) is 0 Å². The van der Waals surface area contributed by atoms with Gasteiger partial charge in [-0.3, -0.25) is 14.5 Å². The van der Waals surface area contributed by atoms with Crippen molar-refractivity contribution in [2.24, 2.45) is 0 Å². The van der Waals surface area contributed by atoms with E-state index in [2.05, 4.69) is 5.32 Å². The first-order valence-corrected chi connectivity index (χ1v) is 7.50. The van der Waals surface area contributed by atoms with E-state index in [1.165, 1.54) is 14.2 Å². The maximum Gasteiger partial charge on any atom is 0.337 e. The molecule has 24 heavy (non-hydrogen) atoms. The quantitative estimate of drug-likeness (QED) is 0.587. The van der Waals surface area contributed by atoms with Gasteiger partial charge in [0, 0.05) is 30.7 Å². The highest BCUT2D eigenvalue weighted by Gasteiger charge is 2.42. The lowest BCUT2D eigenvalue weighted by atomic mass is 9.96. The lowest BCUT2D eigenvalue weighted by Gasteiger charge is -2.27. The van der Waals surface area contributed by atoms with Crippen LogP contribution < -0.4 is 5.32 Å². The zero-order valence-electron chi connectivity index (χ0n) is 14.1. The van der Waals surface area contributed by atoms with Gasteiger partial charge in [-0.05, 0) is 13.8 Å². The van der Waals surface area contributed by atoms with E-state index in [9.17, 15) is 19.2 Å². The predicted octanol–water partition coefficient (Wildman–Crippen LogP) is 0.391. The summed E-state index contributed by atoms with van der Waals surface area (Å²) in [7, 11) is 2.47. The molecule has 0 bridgehead atoms. The number of likely N-dealkylation sites (tertiary alicyclic amines) is 1. The van der Waals surface area contributed by atoms with Crippen LogP contribution in [-0.4, -0.2) is 48.9 Å². The first kappa shape index (κ1) is 17.7. The Morgan fingerprint density at radius 3 is 2.04 bits per heavy atom. The number of nitrogens with zero attached hydrogens (tertiary/aromatic N) is 1. The maximum atomic E-state index is 12.3. The normalized spacial score (nSPS) is 21.7. The van der Waals surface area contributed by atoms with Crippen molar-refractivity contribution >= 4 is 23.8 Å². The number of amides is 2. The van der Waals surface area contributed by atoms with Crippen molar-refractivity contribution in [2.45, 2.75) is 39.2 Å². The van der Waals surface area contributed by atoms with Crippen LogP contribution in [0.1, 0.15) is 33.1 Å². The number of nitrogens with one attached hydrogen (secondary N) is 1. The molecule has 2 aliphatic rings. The molecule has 0 radical (unpaired) electrons. The predicted molar refractivity (Wildman–Crippen MR) is 82.1 cm³/mol. The molecule has 0 aromatic rings. The van der Waals surface area contributed by atoms with Gasteiger partial charge in [0.15, 0.2) is 0 Å². The molecule has 1 atom stereocenters. The molecule has 1 fully saturated rings. The molecule has 0 aliphatic carbocycles. The third-order valence-electron chi connectivity index (χ3n) is 4.20. The third-order valence-corrected chi connectivity index (χ3v) is 4.20. The Labute approximate surface area is 139 Å². The molecule has 1 saturated heterocycles. The van der Waals surface area contributed by atoms with Crippen molar-refractivity contribution in [2.75, 3.05) is 14.2 Å². The van der Waals surface area contributed by atoms with E-state index in [1.54, 1.807) is 13.8 Å². The van der Waals surface area contributed by atoms with Gasteiger partial charge >= 0.3 is 11.9 Å². The molecule has 8 heteroatoms. The average Bonchev–Trinajstić information content (AvgIpc) is 2.81. The summed E-state index contributed by atoms with van der Waals surface area (Å²) in [6.07, 6.45) is 0.170. The number of carbonyl (C=O) groups is 4. The van der Waals surface area contributed by atoms with E-state index in [0.29, 0.717) is 11.4 Å². The van der Waals surface area contributed by atoms with E-state index in [0.717, 1.165) is 4.90 Å². The second-order valence-corrected chi connectivity index (χ2v) is 5.63. The lowest BCUT2D eigenvalue weighted by molar-refractivity contribution is -0.143. The van der Waals surface area contributed by atoms with Gasteiger partial charge in [-0.1, -0.05) is 0 Å². The van der Waals surface area contributed by atoms with Gasteiger partial charge in [0.05, 0.1) is 31.4 Å². The smallest absolute Gasteiger partial charge is 0.337 e. The lowest BCUT2D eigenvalue weighted by Crippen LogP contribution is -2.43. The number of methoxy groups -OCH3 is 2.